The maximum Gasteiger partial charge on any atom is 0.115 e. The van der Waals surface area contributed by atoms with Crippen molar-refractivity contribution in [2.75, 3.05) is 19.6 Å². The molecular formula is C23H29NO. The molecule has 2 nitrogen and oxygen atoms in total. The van der Waals surface area contributed by atoms with Crippen LogP contribution < -0.4 is 0 Å². The molecule has 4 rings (SSSR count). The molecule has 2 fully saturated rings. The third-order valence-electron chi connectivity index (χ3n) is 6.54. The first-order chi connectivity index (χ1) is 12.3. The van der Waals surface area contributed by atoms with E-state index in [2.05, 4.69) is 41.3 Å². The van der Waals surface area contributed by atoms with Crippen molar-refractivity contribution in [1.29, 1.82) is 0 Å². The highest BCUT2D eigenvalue weighted by Crippen LogP contribution is 2.49. The summed E-state index contributed by atoms with van der Waals surface area (Å²) < 4.78 is 0. The number of hydrogen-bond acceptors (Lipinski definition) is 2. The van der Waals surface area contributed by atoms with Gasteiger partial charge < -0.3 is 10.0 Å². The molecular weight excluding hydrogens is 306 g/mol. The van der Waals surface area contributed by atoms with Crippen molar-refractivity contribution in [3.63, 3.8) is 0 Å². The molecule has 0 spiro atoms. The Kier molecular flexibility index (Phi) is 4.80. The van der Waals surface area contributed by atoms with Gasteiger partial charge in [-0.3, -0.25) is 0 Å². The van der Waals surface area contributed by atoms with Gasteiger partial charge in [-0.1, -0.05) is 55.3 Å². The topological polar surface area (TPSA) is 23.5 Å². The number of piperidine rings is 1. The van der Waals surface area contributed by atoms with Crippen molar-refractivity contribution in [1.82, 2.24) is 4.90 Å². The highest BCUT2D eigenvalue weighted by atomic mass is 16.3. The molecule has 1 aliphatic carbocycles. The van der Waals surface area contributed by atoms with Crippen LogP contribution in [0.1, 0.15) is 43.2 Å². The zero-order valence-corrected chi connectivity index (χ0v) is 15.0. The zero-order chi connectivity index (χ0) is 17.1. The van der Waals surface area contributed by atoms with E-state index >= 15 is 0 Å². The molecule has 1 N–H and O–H groups in total. The van der Waals surface area contributed by atoms with Crippen LogP contribution in [-0.2, 0) is 11.8 Å². The molecule has 0 aromatic heterocycles. The van der Waals surface area contributed by atoms with Crippen molar-refractivity contribution in [2.24, 2.45) is 5.92 Å². The Balaban J connectivity index is 1.48. The number of rotatable bonds is 4. The Bertz CT molecular complexity index is 698. The molecule has 0 amide bonds. The van der Waals surface area contributed by atoms with E-state index in [-0.39, 0.29) is 0 Å². The minimum atomic E-state index is 0.292. The standard InChI is InChI=1S/C23H29NO/c25-22-11-6-10-20(17-22)23-13-5-4-9-21(23)18-24(16-14-23)15-12-19-7-2-1-3-8-19/h1-3,6-8,10-11,17,21,25H,4-5,9,12-16,18H2/t21-,23+/m0/s1. The molecule has 1 heterocycles. The number of aromatic hydroxyl groups is 1. The molecule has 0 bridgehead atoms. The molecule has 0 radical (unpaired) electrons. The largest absolute Gasteiger partial charge is 0.508 e. The van der Waals surface area contributed by atoms with Crippen LogP contribution in [0, 0.1) is 5.92 Å². The first kappa shape index (κ1) is 16.7. The van der Waals surface area contributed by atoms with E-state index in [4.69, 9.17) is 0 Å². The van der Waals surface area contributed by atoms with Crippen LogP contribution in [0.5, 0.6) is 5.75 Å². The minimum Gasteiger partial charge on any atom is -0.508 e. The van der Waals surface area contributed by atoms with E-state index in [1.54, 1.807) is 6.07 Å². The van der Waals surface area contributed by atoms with Gasteiger partial charge >= 0.3 is 0 Å². The van der Waals surface area contributed by atoms with Crippen LogP contribution >= 0.6 is 0 Å². The lowest BCUT2D eigenvalue weighted by atomic mass is 9.59. The second kappa shape index (κ2) is 7.21. The first-order valence-electron chi connectivity index (χ1n) is 9.82. The van der Waals surface area contributed by atoms with E-state index in [1.165, 1.54) is 56.3 Å². The van der Waals surface area contributed by atoms with Crippen molar-refractivity contribution < 1.29 is 5.11 Å². The second-order valence-corrected chi connectivity index (χ2v) is 7.94. The van der Waals surface area contributed by atoms with Crippen molar-refractivity contribution >= 4 is 0 Å². The van der Waals surface area contributed by atoms with Gasteiger partial charge in [0, 0.05) is 18.5 Å². The normalized spacial score (nSPS) is 27.0. The van der Waals surface area contributed by atoms with Gasteiger partial charge in [0.15, 0.2) is 0 Å². The molecule has 2 atom stereocenters. The van der Waals surface area contributed by atoms with Crippen molar-refractivity contribution in [3.05, 3.63) is 65.7 Å². The number of phenols is 1. The fraction of sp³-hybridized carbons (Fsp3) is 0.478. The number of benzene rings is 2. The summed E-state index contributed by atoms with van der Waals surface area (Å²) in [5.74, 6) is 1.15. The first-order valence-corrected chi connectivity index (χ1v) is 9.82. The van der Waals surface area contributed by atoms with Crippen LogP contribution in [0.2, 0.25) is 0 Å². The Morgan fingerprint density at radius 2 is 1.88 bits per heavy atom. The van der Waals surface area contributed by atoms with Gasteiger partial charge in [-0.25, -0.2) is 0 Å². The van der Waals surface area contributed by atoms with Crippen LogP contribution in [0.3, 0.4) is 0 Å². The van der Waals surface area contributed by atoms with E-state index in [9.17, 15) is 5.11 Å². The third-order valence-corrected chi connectivity index (χ3v) is 6.54. The van der Waals surface area contributed by atoms with E-state index in [0.29, 0.717) is 11.2 Å². The highest BCUT2D eigenvalue weighted by molar-refractivity contribution is 5.35. The Hall–Kier alpha value is -1.80. The molecule has 2 heteroatoms. The maximum atomic E-state index is 9.98. The van der Waals surface area contributed by atoms with Crippen molar-refractivity contribution in [2.45, 2.75) is 43.9 Å². The second-order valence-electron chi connectivity index (χ2n) is 7.94. The number of hydrogen-bond donors (Lipinski definition) is 1. The van der Waals surface area contributed by atoms with E-state index in [1.807, 2.05) is 12.1 Å². The fourth-order valence-electron chi connectivity index (χ4n) is 5.14. The summed E-state index contributed by atoms with van der Waals surface area (Å²) >= 11 is 0. The Morgan fingerprint density at radius 3 is 2.72 bits per heavy atom. The zero-order valence-electron chi connectivity index (χ0n) is 15.0. The van der Waals surface area contributed by atoms with Crippen LogP contribution in [-0.4, -0.2) is 29.6 Å². The van der Waals surface area contributed by atoms with E-state index < -0.39 is 0 Å². The fourth-order valence-corrected chi connectivity index (χ4v) is 5.14. The minimum absolute atomic E-state index is 0.292. The quantitative estimate of drug-likeness (QED) is 0.870. The van der Waals surface area contributed by atoms with Crippen molar-refractivity contribution in [3.8, 4) is 5.75 Å². The molecule has 2 aromatic rings. The smallest absolute Gasteiger partial charge is 0.115 e. The van der Waals surface area contributed by atoms with Gasteiger partial charge in [-0.2, -0.15) is 0 Å². The number of nitrogens with zero attached hydrogens (tertiary/aromatic N) is 1. The summed E-state index contributed by atoms with van der Waals surface area (Å²) in [6.45, 7) is 3.55. The number of fused-ring (bicyclic) bond motifs is 1. The molecule has 1 saturated carbocycles. The number of phenolic OH excluding ortho intramolecular Hbond substituents is 1. The van der Waals surface area contributed by atoms with Gasteiger partial charge in [-0.15, -0.1) is 0 Å². The number of likely N-dealkylation sites (tertiary alicyclic amines) is 1. The predicted octanol–water partition coefficient (Wildman–Crippen LogP) is 4.77. The molecule has 2 aromatic carbocycles. The monoisotopic (exact) mass is 335 g/mol. The molecule has 0 unspecified atom stereocenters. The summed E-state index contributed by atoms with van der Waals surface area (Å²) in [6, 6.07) is 18.9. The molecule has 2 aliphatic rings. The average molecular weight is 335 g/mol. The lowest BCUT2D eigenvalue weighted by Gasteiger charge is -2.51. The van der Waals surface area contributed by atoms with Gasteiger partial charge in [0.05, 0.1) is 0 Å². The lowest BCUT2D eigenvalue weighted by molar-refractivity contribution is 0.0568. The summed E-state index contributed by atoms with van der Waals surface area (Å²) in [7, 11) is 0. The molecule has 25 heavy (non-hydrogen) atoms. The Labute approximate surface area is 151 Å². The van der Waals surface area contributed by atoms with E-state index in [0.717, 1.165) is 18.9 Å². The third kappa shape index (κ3) is 3.46. The van der Waals surface area contributed by atoms with Gasteiger partial charge in [0.25, 0.3) is 0 Å². The lowest BCUT2D eigenvalue weighted by Crippen LogP contribution is -2.51. The van der Waals surface area contributed by atoms with Crippen LogP contribution in [0.15, 0.2) is 54.6 Å². The summed E-state index contributed by atoms with van der Waals surface area (Å²) in [5, 5.41) is 9.98. The van der Waals surface area contributed by atoms with Gasteiger partial charge in [0.1, 0.15) is 5.75 Å². The highest BCUT2D eigenvalue weighted by Gasteiger charge is 2.45. The average Bonchev–Trinajstić information content (AvgIpc) is 2.67. The van der Waals surface area contributed by atoms with Gasteiger partial charge in [0.2, 0.25) is 0 Å². The van der Waals surface area contributed by atoms with Crippen LogP contribution in [0.4, 0.5) is 0 Å². The molecule has 132 valence electrons. The van der Waals surface area contributed by atoms with Crippen LogP contribution in [0.25, 0.3) is 0 Å². The summed E-state index contributed by atoms with van der Waals surface area (Å²) in [6.07, 6.45) is 7.68. The molecule has 1 aliphatic heterocycles. The Morgan fingerprint density at radius 1 is 1.00 bits per heavy atom. The maximum absolute atomic E-state index is 9.98. The summed E-state index contributed by atoms with van der Waals surface area (Å²) in [5.41, 5.74) is 3.11. The predicted molar refractivity (Wildman–Crippen MR) is 103 cm³/mol. The molecule has 1 saturated heterocycles. The van der Waals surface area contributed by atoms with Gasteiger partial charge in [-0.05, 0) is 61.4 Å². The summed E-state index contributed by atoms with van der Waals surface area (Å²) in [4.78, 5) is 2.67. The SMILES string of the molecule is Oc1cccc([C@]23CCCC[C@H]2CN(CCc2ccccc2)CC3)c1.